The molecule has 1 fully saturated rings. The topological polar surface area (TPSA) is 64.6 Å². The maximum Gasteiger partial charge on any atom is 0.703 e. The van der Waals surface area contributed by atoms with Gasteiger partial charge in [0.2, 0.25) is 6.10 Å². The van der Waals surface area contributed by atoms with Crippen molar-refractivity contribution in [1.29, 1.82) is 0 Å². The minimum atomic E-state index is -4.39. The van der Waals surface area contributed by atoms with E-state index in [0.717, 1.165) is 0 Å². The summed E-state index contributed by atoms with van der Waals surface area (Å²) < 4.78 is 36.1. The predicted octanol–water partition coefficient (Wildman–Crippen LogP) is 1.45. The van der Waals surface area contributed by atoms with Crippen LogP contribution in [0.25, 0.3) is 0 Å². The van der Waals surface area contributed by atoms with Gasteiger partial charge in [-0.05, 0) is 0 Å². The smallest absolute Gasteiger partial charge is 0.636 e. The fraction of sp³-hybridized carbons (Fsp3) is 0.333. The highest BCUT2D eigenvalue weighted by Gasteiger charge is 2.47. The summed E-state index contributed by atoms with van der Waals surface area (Å²) in [5.74, 6) is -0.214. The number of rotatable bonds is 1. The van der Waals surface area contributed by atoms with Crippen molar-refractivity contribution in [2.24, 2.45) is 0 Å². The Labute approximate surface area is 101 Å². The Balaban J connectivity index is 2.36. The van der Waals surface area contributed by atoms with Crippen LogP contribution in [-0.2, 0) is 9.31 Å². The second-order valence-corrected chi connectivity index (χ2v) is 4.03. The monoisotopic (exact) mass is 259 g/mol. The molecule has 96 valence electrons. The summed E-state index contributed by atoms with van der Waals surface area (Å²) in [6.07, 6.45) is 2.75. The van der Waals surface area contributed by atoms with E-state index in [0.29, 0.717) is 0 Å². The van der Waals surface area contributed by atoms with Crippen LogP contribution in [0.3, 0.4) is 0 Å². The predicted molar refractivity (Wildman–Crippen MR) is 58.0 cm³/mol. The highest BCUT2D eigenvalue weighted by Crippen LogP contribution is 2.34. The molecule has 1 saturated heterocycles. The fourth-order valence-corrected chi connectivity index (χ4v) is 1.79. The number of allylic oxidation sites excluding steroid dienone is 2. The largest absolute Gasteiger partial charge is 0.703 e. The van der Waals surface area contributed by atoms with Gasteiger partial charge in [-0.3, -0.25) is 14.8 Å². The molecule has 9 heteroatoms. The highest BCUT2D eigenvalue weighted by molar-refractivity contribution is 6.52. The molecular weight excluding hydrogens is 249 g/mol. The van der Waals surface area contributed by atoms with E-state index in [2.05, 4.69) is 9.31 Å². The van der Waals surface area contributed by atoms with Gasteiger partial charge in [0.25, 0.3) is 0 Å². The third-order valence-corrected chi connectivity index (χ3v) is 2.52. The second kappa shape index (κ2) is 4.09. The molecule has 2 rings (SSSR count). The van der Waals surface area contributed by atoms with Crippen molar-refractivity contribution in [3.05, 3.63) is 39.4 Å². The van der Waals surface area contributed by atoms with E-state index in [9.17, 15) is 18.7 Å². The highest BCUT2D eigenvalue weighted by atomic mass is 19.3. The normalized spacial score (nSPS) is 26.6. The van der Waals surface area contributed by atoms with Crippen molar-refractivity contribution >= 4 is 13.3 Å². The molecule has 0 atom stereocenters. The molecule has 0 aromatic carbocycles. The molecule has 2 aliphatic rings. The van der Waals surface area contributed by atoms with Crippen molar-refractivity contribution in [3.8, 4) is 0 Å². The lowest BCUT2D eigenvalue weighted by Gasteiger charge is -2.30. The number of nitro groups is 1. The fourth-order valence-electron chi connectivity index (χ4n) is 1.79. The standard InChI is InChI=1S/C9H10BF2N2O4/c1-6-3-8(18-10(11,12)17-6)7-4-9(14(15)16)13(2)5-7/h4-5H,3H2,1-2H3/q+1/b8-7+. The number of halogens is 2. The van der Waals surface area contributed by atoms with Crippen LogP contribution in [0.1, 0.15) is 13.3 Å². The van der Waals surface area contributed by atoms with E-state index in [1.54, 1.807) is 0 Å². The van der Waals surface area contributed by atoms with Gasteiger partial charge in [0.05, 0.1) is 5.57 Å². The summed E-state index contributed by atoms with van der Waals surface area (Å²) >= 11 is 0. The van der Waals surface area contributed by atoms with E-state index >= 15 is 0 Å². The maximum absolute atomic E-state index is 13.1. The van der Waals surface area contributed by atoms with Crippen LogP contribution in [0, 0.1) is 16.2 Å². The van der Waals surface area contributed by atoms with Crippen LogP contribution in [0.2, 0.25) is 0 Å². The zero-order valence-corrected chi connectivity index (χ0v) is 9.72. The van der Waals surface area contributed by atoms with Gasteiger partial charge in [0.15, 0.2) is 12.6 Å². The van der Waals surface area contributed by atoms with Gasteiger partial charge in [-0.15, -0.1) is 4.58 Å². The van der Waals surface area contributed by atoms with Crippen molar-refractivity contribution < 1.29 is 27.4 Å². The second-order valence-electron chi connectivity index (χ2n) is 4.03. The molecule has 0 spiro atoms. The zero-order valence-electron chi connectivity index (χ0n) is 9.72. The third kappa shape index (κ3) is 2.35. The molecule has 0 N–H and O–H groups in total. The quantitative estimate of drug-likeness (QED) is 0.235. The van der Waals surface area contributed by atoms with E-state index in [4.69, 9.17) is 0 Å². The molecule has 18 heavy (non-hydrogen) atoms. The summed E-state index contributed by atoms with van der Waals surface area (Å²) in [6, 6.07) is 0. The Morgan fingerprint density at radius 3 is 2.78 bits per heavy atom. The van der Waals surface area contributed by atoms with Gasteiger partial charge in [-0.2, -0.15) is 0 Å². The Morgan fingerprint density at radius 1 is 1.61 bits per heavy atom. The van der Waals surface area contributed by atoms with E-state index in [-0.39, 0.29) is 29.7 Å². The van der Waals surface area contributed by atoms with Crippen LogP contribution in [0.15, 0.2) is 23.2 Å². The summed E-state index contributed by atoms with van der Waals surface area (Å²) in [5, 5.41) is 10.7. The van der Waals surface area contributed by atoms with Crippen molar-refractivity contribution in [1.82, 2.24) is 0 Å². The minimum Gasteiger partial charge on any atom is -0.636 e. The number of hydrogen-bond donors (Lipinski definition) is 0. The minimum absolute atomic E-state index is 0.0209. The van der Waals surface area contributed by atoms with Crippen LogP contribution in [-0.4, -0.2) is 29.9 Å². The van der Waals surface area contributed by atoms with Gasteiger partial charge < -0.3 is 13.3 Å². The van der Waals surface area contributed by atoms with Crippen molar-refractivity contribution in [3.63, 3.8) is 0 Å². The Bertz CT molecular complexity index is 501. The lowest BCUT2D eigenvalue weighted by atomic mass is 10.0. The first-order valence-corrected chi connectivity index (χ1v) is 5.16. The van der Waals surface area contributed by atoms with Crippen LogP contribution in [0.5, 0.6) is 0 Å². The molecule has 6 nitrogen and oxygen atoms in total. The van der Waals surface area contributed by atoms with E-state index in [1.165, 1.54) is 30.8 Å². The molecule has 2 aliphatic heterocycles. The van der Waals surface area contributed by atoms with Crippen LogP contribution in [0.4, 0.5) is 8.63 Å². The van der Waals surface area contributed by atoms with E-state index < -0.39 is 12.0 Å². The Hall–Kier alpha value is -1.90. The molecule has 0 amide bonds. The van der Waals surface area contributed by atoms with Gasteiger partial charge in [0, 0.05) is 0 Å². The lowest BCUT2D eigenvalue weighted by Crippen LogP contribution is -2.37. The molecule has 0 bridgehead atoms. The van der Waals surface area contributed by atoms with Crippen molar-refractivity contribution in [2.45, 2.75) is 13.3 Å². The summed E-state index contributed by atoms with van der Waals surface area (Å²) in [5.41, 5.74) is 0.258. The average molecular weight is 259 g/mol. The van der Waals surface area contributed by atoms with E-state index in [1.807, 2.05) is 0 Å². The van der Waals surface area contributed by atoms with Gasteiger partial charge in [0.1, 0.15) is 30.7 Å². The average Bonchev–Trinajstić information content (AvgIpc) is 2.57. The first-order valence-electron chi connectivity index (χ1n) is 5.16. The number of hydrogen-bond acceptors (Lipinski definition) is 4. The molecule has 0 aromatic heterocycles. The number of nitrogens with zero attached hydrogens (tertiary/aromatic N) is 2. The van der Waals surface area contributed by atoms with Crippen LogP contribution < -0.4 is 0 Å². The molecule has 0 unspecified atom stereocenters. The lowest BCUT2D eigenvalue weighted by molar-refractivity contribution is -0.619. The summed E-state index contributed by atoms with van der Waals surface area (Å²) in [4.78, 5) is 10.1. The molecule has 0 radical (unpaired) electrons. The molecule has 2 heterocycles. The molecule has 0 saturated carbocycles. The Morgan fingerprint density at radius 2 is 2.28 bits per heavy atom. The summed E-state index contributed by atoms with van der Waals surface area (Å²) in [7, 11) is -2.93. The zero-order chi connectivity index (χ0) is 13.5. The van der Waals surface area contributed by atoms with Gasteiger partial charge in [-0.25, -0.2) is 0 Å². The molecular formula is C9H10BF2N2O4+. The van der Waals surface area contributed by atoms with Crippen molar-refractivity contribution in [2.75, 3.05) is 7.05 Å². The summed E-state index contributed by atoms with van der Waals surface area (Å²) in [6.45, 7) is 1.41. The SMILES string of the molecule is C[C+]1C/C(=C2/C=C([N+](=O)[O-])[N+](C)=C2)O[B-](F)(F)O1. The van der Waals surface area contributed by atoms with Gasteiger partial charge >= 0.3 is 12.9 Å². The Kier molecular flexibility index (Phi) is 2.85. The van der Waals surface area contributed by atoms with Crippen LogP contribution >= 0.6 is 0 Å². The molecule has 0 aromatic rings. The first-order chi connectivity index (χ1) is 8.28. The van der Waals surface area contributed by atoms with Gasteiger partial charge in [-0.1, -0.05) is 0 Å². The maximum atomic E-state index is 13.1. The molecule has 0 aliphatic carbocycles. The first kappa shape index (κ1) is 12.6. The third-order valence-electron chi connectivity index (χ3n) is 2.52.